The van der Waals surface area contributed by atoms with Gasteiger partial charge in [0.1, 0.15) is 0 Å². The van der Waals surface area contributed by atoms with Crippen molar-refractivity contribution in [2.75, 3.05) is 11.9 Å². The van der Waals surface area contributed by atoms with Crippen molar-refractivity contribution < 1.29 is 0 Å². The molecule has 0 saturated carbocycles. The molecule has 0 aliphatic heterocycles. The van der Waals surface area contributed by atoms with Gasteiger partial charge < -0.3 is 11.1 Å². The molecule has 1 aromatic carbocycles. The van der Waals surface area contributed by atoms with Crippen LogP contribution in [0.2, 0.25) is 0 Å². The number of nitrogens with zero attached hydrogens (tertiary/aromatic N) is 1. The molecule has 0 atom stereocenters. The fraction of sp³-hybridized carbons (Fsp3) is 0.471. The molecular weight excluding hydrogens is 246 g/mol. The first kappa shape index (κ1) is 14.6. The summed E-state index contributed by atoms with van der Waals surface area (Å²) in [6.07, 6.45) is 8.53. The third kappa shape index (κ3) is 4.41. The molecule has 108 valence electrons. The van der Waals surface area contributed by atoms with Crippen molar-refractivity contribution in [1.82, 2.24) is 0 Å². The third-order valence-electron chi connectivity index (χ3n) is 3.88. The van der Waals surface area contributed by atoms with E-state index in [1.54, 1.807) is 5.57 Å². The van der Waals surface area contributed by atoms with E-state index in [1.807, 2.05) is 6.07 Å². The molecule has 0 heterocycles. The van der Waals surface area contributed by atoms with Crippen molar-refractivity contribution in [3.8, 4) is 0 Å². The lowest BCUT2D eigenvalue weighted by Crippen LogP contribution is -2.23. The fourth-order valence-electron chi connectivity index (χ4n) is 2.46. The minimum absolute atomic E-state index is 0.504. The summed E-state index contributed by atoms with van der Waals surface area (Å²) in [6.45, 7) is 4.98. The van der Waals surface area contributed by atoms with Crippen molar-refractivity contribution in [3.63, 3.8) is 0 Å². The van der Waals surface area contributed by atoms with Crippen LogP contribution in [0.4, 0.5) is 5.69 Å². The van der Waals surface area contributed by atoms with Crippen LogP contribution < -0.4 is 11.1 Å². The summed E-state index contributed by atoms with van der Waals surface area (Å²) < 4.78 is 0. The Hall–Kier alpha value is -1.77. The van der Waals surface area contributed by atoms with E-state index in [0.717, 1.165) is 18.7 Å². The molecule has 0 bridgehead atoms. The number of aryl methyl sites for hydroxylation is 2. The Morgan fingerprint density at radius 3 is 2.80 bits per heavy atom. The summed E-state index contributed by atoms with van der Waals surface area (Å²) in [5.74, 6) is 0.504. The Kier molecular flexibility index (Phi) is 5.22. The van der Waals surface area contributed by atoms with Crippen LogP contribution in [0.15, 0.2) is 34.8 Å². The standard InChI is InChI=1S/C17H25N3/c1-13-8-9-16(12-14(13)2)20-17(18)19-11-10-15-6-4-3-5-7-15/h6,8-9,12H,3-5,7,10-11H2,1-2H3,(H3,18,19,20). The highest BCUT2D eigenvalue weighted by atomic mass is 15.1. The van der Waals surface area contributed by atoms with E-state index in [9.17, 15) is 0 Å². The van der Waals surface area contributed by atoms with Crippen LogP contribution in [0.3, 0.4) is 0 Å². The van der Waals surface area contributed by atoms with Gasteiger partial charge in [-0.1, -0.05) is 17.7 Å². The van der Waals surface area contributed by atoms with Gasteiger partial charge in [-0.15, -0.1) is 0 Å². The zero-order chi connectivity index (χ0) is 14.4. The van der Waals surface area contributed by atoms with Crippen molar-refractivity contribution in [2.45, 2.75) is 46.0 Å². The lowest BCUT2D eigenvalue weighted by atomic mass is 9.97. The van der Waals surface area contributed by atoms with Gasteiger partial charge in [-0.3, -0.25) is 4.99 Å². The van der Waals surface area contributed by atoms with Crippen LogP contribution in [0.5, 0.6) is 0 Å². The maximum absolute atomic E-state index is 5.93. The van der Waals surface area contributed by atoms with Crippen LogP contribution in [0.25, 0.3) is 0 Å². The lowest BCUT2D eigenvalue weighted by molar-refractivity contribution is 0.676. The Labute approximate surface area is 122 Å². The lowest BCUT2D eigenvalue weighted by Gasteiger charge is -2.11. The van der Waals surface area contributed by atoms with Crippen molar-refractivity contribution >= 4 is 11.6 Å². The maximum Gasteiger partial charge on any atom is 0.193 e. The number of nitrogens with one attached hydrogen (secondary N) is 1. The van der Waals surface area contributed by atoms with E-state index < -0.39 is 0 Å². The minimum Gasteiger partial charge on any atom is -0.370 e. The molecule has 0 unspecified atom stereocenters. The van der Waals surface area contributed by atoms with Gasteiger partial charge in [-0.05, 0) is 69.2 Å². The van der Waals surface area contributed by atoms with Gasteiger partial charge in [0.25, 0.3) is 0 Å². The van der Waals surface area contributed by atoms with Gasteiger partial charge in [0.2, 0.25) is 0 Å². The SMILES string of the molecule is Cc1ccc(NC(N)=NCCC2=CCCCC2)cc1C. The predicted octanol–water partition coefficient (Wildman–Crippen LogP) is 3.92. The molecule has 0 aromatic heterocycles. The van der Waals surface area contributed by atoms with Crippen LogP contribution in [-0.4, -0.2) is 12.5 Å². The van der Waals surface area contributed by atoms with E-state index in [0.29, 0.717) is 5.96 Å². The molecule has 0 saturated heterocycles. The molecular formula is C17H25N3. The largest absolute Gasteiger partial charge is 0.370 e. The summed E-state index contributed by atoms with van der Waals surface area (Å²) in [7, 11) is 0. The van der Waals surface area contributed by atoms with Crippen molar-refractivity contribution in [3.05, 3.63) is 41.0 Å². The number of anilines is 1. The Morgan fingerprint density at radius 2 is 2.10 bits per heavy atom. The Bertz CT molecular complexity index is 515. The molecule has 2 rings (SSSR count). The van der Waals surface area contributed by atoms with Gasteiger partial charge in [-0.2, -0.15) is 0 Å². The van der Waals surface area contributed by atoms with Gasteiger partial charge in [0, 0.05) is 12.2 Å². The van der Waals surface area contributed by atoms with Gasteiger partial charge >= 0.3 is 0 Å². The van der Waals surface area contributed by atoms with Crippen LogP contribution >= 0.6 is 0 Å². The number of allylic oxidation sites excluding steroid dienone is 1. The fourth-order valence-corrected chi connectivity index (χ4v) is 2.46. The topological polar surface area (TPSA) is 50.4 Å². The molecule has 1 aliphatic carbocycles. The Morgan fingerprint density at radius 1 is 1.25 bits per heavy atom. The monoisotopic (exact) mass is 271 g/mol. The van der Waals surface area contributed by atoms with Gasteiger partial charge in [-0.25, -0.2) is 0 Å². The molecule has 0 spiro atoms. The van der Waals surface area contributed by atoms with E-state index in [2.05, 4.69) is 42.4 Å². The minimum atomic E-state index is 0.504. The van der Waals surface area contributed by atoms with Crippen LogP contribution in [0, 0.1) is 13.8 Å². The average Bonchev–Trinajstić information content (AvgIpc) is 2.44. The summed E-state index contributed by atoms with van der Waals surface area (Å²) >= 11 is 0. The molecule has 1 aromatic rings. The maximum atomic E-state index is 5.93. The molecule has 0 radical (unpaired) electrons. The van der Waals surface area contributed by atoms with Crippen molar-refractivity contribution in [2.24, 2.45) is 10.7 Å². The second-order valence-corrected chi connectivity index (χ2v) is 5.55. The first-order valence-electron chi connectivity index (χ1n) is 7.47. The summed E-state index contributed by atoms with van der Waals surface area (Å²) in [5.41, 5.74) is 11.0. The van der Waals surface area contributed by atoms with Crippen LogP contribution in [-0.2, 0) is 0 Å². The smallest absolute Gasteiger partial charge is 0.193 e. The first-order chi connectivity index (χ1) is 9.65. The Balaban J connectivity index is 1.84. The predicted molar refractivity (Wildman–Crippen MR) is 87.2 cm³/mol. The molecule has 1 aliphatic rings. The molecule has 3 N–H and O–H groups in total. The second kappa shape index (κ2) is 7.13. The number of benzene rings is 1. The summed E-state index contributed by atoms with van der Waals surface area (Å²) in [4.78, 5) is 4.41. The van der Waals surface area contributed by atoms with E-state index >= 15 is 0 Å². The highest BCUT2D eigenvalue weighted by Crippen LogP contribution is 2.19. The molecule has 0 fully saturated rings. The molecule has 3 heteroatoms. The van der Waals surface area contributed by atoms with E-state index in [1.165, 1.54) is 36.8 Å². The summed E-state index contributed by atoms with van der Waals surface area (Å²) in [6, 6.07) is 6.23. The second-order valence-electron chi connectivity index (χ2n) is 5.55. The van der Waals surface area contributed by atoms with E-state index in [4.69, 9.17) is 5.73 Å². The van der Waals surface area contributed by atoms with Crippen LogP contribution in [0.1, 0.15) is 43.2 Å². The highest BCUT2D eigenvalue weighted by Gasteiger charge is 2.03. The zero-order valence-electron chi connectivity index (χ0n) is 12.6. The summed E-state index contributed by atoms with van der Waals surface area (Å²) in [5, 5.41) is 3.16. The number of hydrogen-bond donors (Lipinski definition) is 2. The number of rotatable bonds is 4. The number of aliphatic imine (C=N–C) groups is 1. The first-order valence-corrected chi connectivity index (χ1v) is 7.47. The zero-order valence-corrected chi connectivity index (χ0v) is 12.6. The van der Waals surface area contributed by atoms with E-state index in [-0.39, 0.29) is 0 Å². The molecule has 20 heavy (non-hydrogen) atoms. The molecule has 0 amide bonds. The average molecular weight is 271 g/mol. The van der Waals surface area contributed by atoms with Crippen molar-refractivity contribution in [1.29, 1.82) is 0 Å². The quantitative estimate of drug-likeness (QED) is 0.495. The third-order valence-corrected chi connectivity index (χ3v) is 3.88. The number of nitrogens with two attached hydrogens (primary N) is 1. The van der Waals surface area contributed by atoms with Gasteiger partial charge in [0.05, 0.1) is 0 Å². The number of guanidine groups is 1. The molecule has 3 nitrogen and oxygen atoms in total. The number of hydrogen-bond acceptors (Lipinski definition) is 1. The normalized spacial score (nSPS) is 15.9. The highest BCUT2D eigenvalue weighted by molar-refractivity contribution is 5.92. The van der Waals surface area contributed by atoms with Gasteiger partial charge in [0.15, 0.2) is 5.96 Å².